The molecule has 4 rings (SSSR count). The molecular weight excluding hydrogens is 408 g/mol. The minimum atomic E-state index is -3.54. The minimum absolute atomic E-state index is 0.0101. The molecule has 1 saturated heterocycles. The number of likely N-dealkylation sites (N-methyl/N-ethyl adjacent to an activating group) is 1. The maximum atomic E-state index is 13.6. The Morgan fingerprint density at radius 3 is 2.55 bits per heavy atom. The standard InChI is InChI=1S/C25H32N2O3S/c1-17-5-6-19(11-18(17)2)16-31(29,30)25-14-20-7-8-23(28)12-21(20)13-24(25)27-10-9-22(15-27)26(3)4/h5-6,11,13-14,22H,7-10,12,15-16H2,1-4H3. The Balaban J connectivity index is 1.75. The number of sulfone groups is 1. The molecule has 31 heavy (non-hydrogen) atoms. The monoisotopic (exact) mass is 440 g/mol. The Hall–Kier alpha value is -2.02. The molecule has 0 saturated carbocycles. The van der Waals surface area contributed by atoms with Gasteiger partial charge in [0.15, 0.2) is 4.90 Å². The zero-order chi connectivity index (χ0) is 22.3. The van der Waals surface area contributed by atoms with Crippen molar-refractivity contribution in [3.63, 3.8) is 0 Å². The first kappa shape index (κ1) is 22.2. The van der Waals surface area contributed by atoms with Crippen molar-refractivity contribution in [3.8, 4) is 0 Å². The van der Waals surface area contributed by atoms with Gasteiger partial charge in [-0.25, -0.2) is 0 Å². The van der Waals surface area contributed by atoms with Crippen LogP contribution in [0.1, 0.15) is 40.7 Å². The predicted molar refractivity (Wildman–Crippen MR) is 124 cm³/mol. The molecule has 2 atom stereocenters. The molecule has 2 aliphatic rings. The second-order valence-corrected chi connectivity index (χ2v) is 11.3. The highest BCUT2D eigenvalue weighted by molar-refractivity contribution is 7.97. The highest BCUT2D eigenvalue weighted by Gasteiger charge is 2.33. The topological polar surface area (TPSA) is 63.7 Å². The van der Waals surface area contributed by atoms with Crippen molar-refractivity contribution in [2.75, 3.05) is 32.1 Å². The molecule has 2 unspecified atom stereocenters. The van der Waals surface area contributed by atoms with E-state index in [0.29, 0.717) is 30.2 Å². The number of carbonyl (C=O) groups excluding carboxylic acids is 1. The number of Topliss-reactive ketones (excluding diaryl/α,β-unsaturated/α-hetero) is 1. The highest BCUT2D eigenvalue weighted by Crippen LogP contribution is 2.38. The molecular formula is C25H32N2O3S. The van der Waals surface area contributed by atoms with E-state index in [-0.39, 0.29) is 11.5 Å². The maximum absolute atomic E-state index is 13.6. The van der Waals surface area contributed by atoms with Crippen LogP contribution in [-0.2, 0) is 37.8 Å². The van der Waals surface area contributed by atoms with E-state index < -0.39 is 10.2 Å². The van der Waals surface area contributed by atoms with Gasteiger partial charge in [-0.3, -0.25) is 4.79 Å². The summed E-state index contributed by atoms with van der Waals surface area (Å²) in [5.74, 6) is 0.223. The molecule has 2 aromatic rings. The van der Waals surface area contributed by atoms with Gasteiger partial charge in [-0.1, -0.05) is 18.2 Å². The van der Waals surface area contributed by atoms with Crippen LogP contribution in [0.15, 0.2) is 35.2 Å². The van der Waals surface area contributed by atoms with Crippen LogP contribution in [0.25, 0.3) is 0 Å². The van der Waals surface area contributed by atoms with Gasteiger partial charge in [-0.15, -0.1) is 4.21 Å². The Labute approximate surface area is 186 Å². The number of carbonyl (C=O) groups is 1. The molecule has 166 valence electrons. The lowest BCUT2D eigenvalue weighted by Crippen LogP contribution is -2.32. The average Bonchev–Trinajstić information content (AvgIpc) is 3.20. The molecule has 0 radical (unpaired) electrons. The van der Waals surface area contributed by atoms with Crippen LogP contribution in [0.5, 0.6) is 0 Å². The molecule has 0 N–H and O–H groups in total. The maximum Gasteiger partial charge on any atom is 0.179 e. The van der Waals surface area contributed by atoms with Gasteiger partial charge in [0.25, 0.3) is 0 Å². The Morgan fingerprint density at radius 2 is 1.87 bits per heavy atom. The summed E-state index contributed by atoms with van der Waals surface area (Å²) in [5, 5.41) is 0. The second kappa shape index (κ2) is 8.49. The van der Waals surface area contributed by atoms with E-state index in [4.69, 9.17) is 0 Å². The summed E-state index contributed by atoms with van der Waals surface area (Å²) in [5.41, 5.74) is 5.84. The van der Waals surface area contributed by atoms with E-state index in [1.807, 2.05) is 44.2 Å². The van der Waals surface area contributed by atoms with E-state index in [1.165, 1.54) is 0 Å². The molecule has 1 aliphatic heterocycles. The van der Waals surface area contributed by atoms with Crippen molar-refractivity contribution in [2.45, 2.75) is 56.2 Å². The van der Waals surface area contributed by atoms with Gasteiger partial charge in [0.2, 0.25) is 0 Å². The molecule has 0 amide bonds. The molecule has 2 aromatic carbocycles. The SMILES string of the molecule is Cc1ccc(C[S+](=O)([O-])c2cc3c(cc2N2CCC(N(C)C)C2)CC(=O)CC3)cc1C. The molecule has 1 aliphatic carbocycles. The van der Waals surface area contributed by atoms with Gasteiger partial charge in [-0.2, -0.15) is 0 Å². The highest BCUT2D eigenvalue weighted by atomic mass is 32.3. The molecule has 1 fully saturated rings. The lowest BCUT2D eigenvalue weighted by atomic mass is 9.90. The number of benzene rings is 2. The van der Waals surface area contributed by atoms with E-state index >= 15 is 0 Å². The first-order chi connectivity index (χ1) is 14.6. The van der Waals surface area contributed by atoms with Crippen molar-refractivity contribution in [2.24, 2.45) is 0 Å². The normalized spacial score (nSPS) is 20.8. The molecule has 0 aromatic heterocycles. The number of hydrogen-bond acceptors (Lipinski definition) is 5. The molecule has 1 heterocycles. The Bertz CT molecular complexity index is 1060. The quantitative estimate of drug-likeness (QED) is 0.664. The van der Waals surface area contributed by atoms with Gasteiger partial charge >= 0.3 is 0 Å². The number of fused-ring (bicyclic) bond motifs is 1. The summed E-state index contributed by atoms with van der Waals surface area (Å²) in [7, 11) is 0.597. The molecule has 0 spiro atoms. The number of nitrogens with zero attached hydrogens (tertiary/aromatic N) is 2. The van der Waals surface area contributed by atoms with Crippen LogP contribution < -0.4 is 4.90 Å². The minimum Gasteiger partial charge on any atom is -0.610 e. The van der Waals surface area contributed by atoms with Crippen LogP contribution in [0, 0.1) is 13.8 Å². The molecule has 0 bridgehead atoms. The summed E-state index contributed by atoms with van der Waals surface area (Å²) < 4.78 is 27.3. The van der Waals surface area contributed by atoms with Crippen LogP contribution in [0.3, 0.4) is 0 Å². The summed E-state index contributed by atoms with van der Waals surface area (Å²) in [6.07, 6.45) is 2.53. The van der Waals surface area contributed by atoms with E-state index in [0.717, 1.165) is 53.0 Å². The van der Waals surface area contributed by atoms with Crippen molar-refractivity contribution in [3.05, 3.63) is 58.1 Å². The van der Waals surface area contributed by atoms with Gasteiger partial charge in [0, 0.05) is 37.5 Å². The molecule has 6 heteroatoms. The van der Waals surface area contributed by atoms with Crippen molar-refractivity contribution < 1.29 is 13.6 Å². The number of ketones is 1. The van der Waals surface area contributed by atoms with Crippen molar-refractivity contribution in [1.29, 1.82) is 0 Å². The predicted octanol–water partition coefficient (Wildman–Crippen LogP) is 3.69. The van der Waals surface area contributed by atoms with Crippen LogP contribution in [-0.4, -0.2) is 48.5 Å². The second-order valence-electron chi connectivity index (χ2n) is 9.33. The largest absolute Gasteiger partial charge is 0.610 e. The lowest BCUT2D eigenvalue weighted by Gasteiger charge is -2.28. The summed E-state index contributed by atoms with van der Waals surface area (Å²) in [6.45, 7) is 5.66. The first-order valence-corrected chi connectivity index (χ1v) is 12.7. The summed E-state index contributed by atoms with van der Waals surface area (Å²) in [4.78, 5) is 16.9. The number of rotatable bonds is 5. The van der Waals surface area contributed by atoms with Crippen molar-refractivity contribution >= 4 is 21.7 Å². The smallest absolute Gasteiger partial charge is 0.179 e. The fourth-order valence-electron chi connectivity index (χ4n) is 4.69. The Kier molecular flexibility index (Phi) is 6.08. The number of aryl methyl sites for hydroxylation is 3. The average molecular weight is 441 g/mol. The summed E-state index contributed by atoms with van der Waals surface area (Å²) >= 11 is 0. The third-order valence-electron chi connectivity index (χ3n) is 6.84. The fraction of sp³-hybridized carbons (Fsp3) is 0.480. The van der Waals surface area contributed by atoms with Crippen LogP contribution >= 0.6 is 0 Å². The van der Waals surface area contributed by atoms with Gasteiger partial charge in [0.1, 0.15) is 11.5 Å². The third-order valence-corrected chi connectivity index (χ3v) is 8.55. The summed E-state index contributed by atoms with van der Waals surface area (Å²) in [6, 6.07) is 10.1. The third kappa shape index (κ3) is 4.61. The van der Waals surface area contributed by atoms with Crippen LogP contribution in [0.4, 0.5) is 5.69 Å². The van der Waals surface area contributed by atoms with E-state index in [2.05, 4.69) is 23.9 Å². The van der Waals surface area contributed by atoms with Gasteiger partial charge < -0.3 is 14.4 Å². The van der Waals surface area contributed by atoms with E-state index in [9.17, 15) is 13.6 Å². The van der Waals surface area contributed by atoms with E-state index in [1.54, 1.807) is 0 Å². The van der Waals surface area contributed by atoms with Gasteiger partial charge in [0.05, 0.1) is 15.9 Å². The zero-order valence-electron chi connectivity index (χ0n) is 18.9. The Morgan fingerprint density at radius 1 is 1.10 bits per heavy atom. The van der Waals surface area contributed by atoms with Gasteiger partial charge in [-0.05, 0) is 75.2 Å². The van der Waals surface area contributed by atoms with Crippen LogP contribution in [0.2, 0.25) is 0 Å². The fourth-order valence-corrected chi connectivity index (χ4v) is 6.30. The zero-order valence-corrected chi connectivity index (χ0v) is 19.8. The first-order valence-electron chi connectivity index (χ1n) is 11.0. The lowest BCUT2D eigenvalue weighted by molar-refractivity contribution is -0.118. The number of hydrogen-bond donors (Lipinski definition) is 0. The number of anilines is 1. The molecule has 5 nitrogen and oxygen atoms in total. The van der Waals surface area contributed by atoms with Crippen molar-refractivity contribution in [1.82, 2.24) is 4.90 Å².